The van der Waals surface area contributed by atoms with Crippen LogP contribution in [0.3, 0.4) is 0 Å². The van der Waals surface area contributed by atoms with Crippen LogP contribution in [0.25, 0.3) is 0 Å². The van der Waals surface area contributed by atoms with Crippen LogP contribution in [-0.2, 0) is 47.5 Å². The van der Waals surface area contributed by atoms with Gasteiger partial charge in [-0.05, 0) is 151 Å². The van der Waals surface area contributed by atoms with Gasteiger partial charge in [-0.3, -0.25) is 4.79 Å². The van der Waals surface area contributed by atoms with E-state index in [1.165, 1.54) is 67.3 Å². The lowest BCUT2D eigenvalue weighted by Gasteiger charge is -2.56. The summed E-state index contributed by atoms with van der Waals surface area (Å²) in [5.41, 5.74) is 7.83. The minimum Gasteiger partial charge on any atom is -0.401 e. The standard InChI is InChI=1S/C41H54O2S/c1-7-28-21-33(9-3)38(34(10-4)22-28)44(37-16-14-13-15-17-37,39-35(11-5)23-29(8-2)24-36(39)12-6)43-40(42)41-25-30-18-31(26-41)20-32(19-30)27-41/h13-17,21-24,30-32H,7-12,18-20,25-27H2,1-6H3. The zero-order chi connectivity index (χ0) is 31.1. The fourth-order valence-electron chi connectivity index (χ4n) is 9.49. The van der Waals surface area contributed by atoms with Gasteiger partial charge in [0, 0.05) is 14.7 Å². The van der Waals surface area contributed by atoms with Crippen LogP contribution in [-0.4, -0.2) is 5.97 Å². The maximum Gasteiger partial charge on any atom is 0.323 e. The van der Waals surface area contributed by atoms with Gasteiger partial charge >= 0.3 is 5.97 Å². The molecular weight excluding hydrogens is 557 g/mol. The molecule has 0 heterocycles. The van der Waals surface area contributed by atoms with Crippen molar-refractivity contribution in [3.8, 4) is 0 Å². The summed E-state index contributed by atoms with van der Waals surface area (Å²) in [5, 5.41) is 0. The highest BCUT2D eigenvalue weighted by Crippen LogP contribution is 2.74. The predicted molar refractivity (Wildman–Crippen MR) is 185 cm³/mol. The van der Waals surface area contributed by atoms with Gasteiger partial charge in [0.15, 0.2) is 0 Å². The third-order valence-electron chi connectivity index (χ3n) is 11.3. The van der Waals surface area contributed by atoms with Gasteiger partial charge in [0.05, 0.1) is 5.41 Å². The Morgan fingerprint density at radius 1 is 0.636 bits per heavy atom. The molecule has 3 aromatic rings. The number of carbonyl (C=O) groups is 1. The van der Waals surface area contributed by atoms with Crippen LogP contribution in [0, 0.1) is 23.2 Å². The van der Waals surface area contributed by atoms with Crippen molar-refractivity contribution in [1.82, 2.24) is 0 Å². The van der Waals surface area contributed by atoms with Crippen molar-refractivity contribution in [2.24, 2.45) is 23.2 Å². The van der Waals surface area contributed by atoms with Crippen LogP contribution in [0.1, 0.15) is 113 Å². The normalized spacial score (nSPS) is 24.5. The summed E-state index contributed by atoms with van der Waals surface area (Å²) >= 11 is 0. The Morgan fingerprint density at radius 3 is 1.36 bits per heavy atom. The highest BCUT2D eigenvalue weighted by atomic mass is 32.3. The minimum absolute atomic E-state index is 0.0998. The first-order valence-electron chi connectivity index (χ1n) is 17.8. The minimum atomic E-state index is -2.40. The van der Waals surface area contributed by atoms with Gasteiger partial charge in [-0.1, -0.05) is 84.0 Å². The van der Waals surface area contributed by atoms with Gasteiger partial charge in [-0.25, -0.2) is 0 Å². The Labute approximate surface area is 268 Å². The predicted octanol–water partition coefficient (Wildman–Crippen LogP) is 11.0. The van der Waals surface area contributed by atoms with Crippen LogP contribution in [0.5, 0.6) is 0 Å². The molecule has 4 fully saturated rings. The van der Waals surface area contributed by atoms with Gasteiger partial charge in [0.25, 0.3) is 0 Å². The molecule has 0 amide bonds. The van der Waals surface area contributed by atoms with Gasteiger partial charge in [-0.15, -0.1) is 0 Å². The summed E-state index contributed by atoms with van der Waals surface area (Å²) in [6.45, 7) is 13.7. The number of hydrogen-bond donors (Lipinski definition) is 0. The second kappa shape index (κ2) is 12.7. The van der Waals surface area contributed by atoms with Gasteiger partial charge in [0.2, 0.25) is 0 Å². The highest BCUT2D eigenvalue weighted by Gasteiger charge is 2.57. The molecule has 7 rings (SSSR count). The Bertz CT molecular complexity index is 1350. The first kappa shape index (κ1) is 31.5. The molecule has 0 unspecified atom stereocenters. The second-order valence-electron chi connectivity index (χ2n) is 14.0. The Morgan fingerprint density at radius 2 is 1.02 bits per heavy atom. The molecule has 0 radical (unpaired) electrons. The van der Waals surface area contributed by atoms with E-state index in [9.17, 15) is 0 Å². The Hall–Kier alpha value is -2.52. The maximum atomic E-state index is 15.3. The summed E-state index contributed by atoms with van der Waals surface area (Å²) in [7, 11) is -2.40. The molecule has 3 heteroatoms. The van der Waals surface area contributed by atoms with E-state index in [2.05, 4.69) is 96.1 Å². The van der Waals surface area contributed by atoms with E-state index in [1.54, 1.807) is 0 Å². The molecule has 3 aromatic carbocycles. The number of hydrogen-bond acceptors (Lipinski definition) is 2. The SMILES string of the molecule is CCc1cc(CC)c(S(OC(=O)C23CC4CC(CC(C4)C2)C3)(c2ccccc2)c2c(CC)cc(CC)cc2CC)c(CC)c1. The summed E-state index contributed by atoms with van der Waals surface area (Å²) in [5.74, 6) is 2.18. The van der Waals surface area contributed by atoms with Crippen molar-refractivity contribution in [2.75, 3.05) is 0 Å². The molecule has 2 nitrogen and oxygen atoms in total. The number of rotatable bonds is 11. The van der Waals surface area contributed by atoms with Crippen molar-refractivity contribution in [3.05, 3.63) is 88.0 Å². The van der Waals surface area contributed by atoms with Crippen LogP contribution in [0.15, 0.2) is 69.3 Å². The van der Waals surface area contributed by atoms with Gasteiger partial charge < -0.3 is 4.18 Å². The molecule has 0 aromatic heterocycles. The summed E-state index contributed by atoms with van der Waals surface area (Å²) in [6, 6.07) is 20.7. The van der Waals surface area contributed by atoms with Crippen molar-refractivity contribution >= 4 is 16.3 Å². The fraction of sp³-hybridized carbons (Fsp3) is 0.537. The maximum absolute atomic E-state index is 15.3. The lowest BCUT2D eigenvalue weighted by atomic mass is 9.49. The van der Waals surface area contributed by atoms with E-state index < -0.39 is 10.3 Å². The van der Waals surface area contributed by atoms with Crippen LogP contribution in [0.2, 0.25) is 0 Å². The van der Waals surface area contributed by atoms with Crippen molar-refractivity contribution < 1.29 is 8.98 Å². The van der Waals surface area contributed by atoms with Crippen LogP contribution < -0.4 is 0 Å². The van der Waals surface area contributed by atoms with Gasteiger partial charge in [-0.2, -0.15) is 0 Å². The molecule has 4 aliphatic rings. The monoisotopic (exact) mass is 610 g/mol. The Balaban J connectivity index is 1.70. The molecule has 0 N–H and O–H groups in total. The molecule has 236 valence electrons. The molecule has 0 spiro atoms. The number of carbonyl (C=O) groups excluding carboxylic acids is 1. The van der Waals surface area contributed by atoms with E-state index in [0.29, 0.717) is 17.8 Å². The van der Waals surface area contributed by atoms with E-state index in [-0.39, 0.29) is 11.4 Å². The van der Waals surface area contributed by atoms with Crippen LogP contribution in [0.4, 0.5) is 0 Å². The third-order valence-corrected chi connectivity index (χ3v) is 14.8. The van der Waals surface area contributed by atoms with E-state index in [4.69, 9.17) is 4.18 Å². The average molecular weight is 611 g/mol. The molecule has 4 saturated carbocycles. The zero-order valence-electron chi connectivity index (χ0n) is 28.1. The first-order chi connectivity index (χ1) is 21.3. The molecule has 4 aliphatic carbocycles. The zero-order valence-corrected chi connectivity index (χ0v) is 29.0. The third kappa shape index (κ3) is 5.25. The molecule has 0 saturated heterocycles. The first-order valence-corrected chi connectivity index (χ1v) is 19.3. The van der Waals surface area contributed by atoms with Gasteiger partial charge in [0.1, 0.15) is 0 Å². The summed E-state index contributed by atoms with van der Waals surface area (Å²) in [6.07, 6.45) is 12.7. The molecule has 0 aliphatic heterocycles. The van der Waals surface area contributed by atoms with E-state index in [0.717, 1.165) is 57.8 Å². The smallest absolute Gasteiger partial charge is 0.323 e. The average Bonchev–Trinajstić information content (AvgIpc) is 3.05. The Kier molecular flexibility index (Phi) is 9.08. The van der Waals surface area contributed by atoms with Crippen LogP contribution >= 0.6 is 10.3 Å². The topological polar surface area (TPSA) is 26.3 Å². The molecule has 4 bridgehead atoms. The lowest BCUT2D eigenvalue weighted by Crippen LogP contribution is -2.50. The molecule has 0 atom stereocenters. The van der Waals surface area contributed by atoms with E-state index in [1.807, 2.05) is 0 Å². The van der Waals surface area contributed by atoms with Crippen molar-refractivity contribution in [3.63, 3.8) is 0 Å². The summed E-state index contributed by atoms with van der Waals surface area (Å²) < 4.78 is 7.64. The fourth-order valence-corrected chi connectivity index (χ4v) is 13.7. The molecular formula is C41H54O2S. The molecule has 44 heavy (non-hydrogen) atoms. The largest absolute Gasteiger partial charge is 0.401 e. The second-order valence-corrected chi connectivity index (χ2v) is 16.6. The number of aryl methyl sites for hydroxylation is 6. The van der Waals surface area contributed by atoms with Crippen molar-refractivity contribution in [1.29, 1.82) is 0 Å². The summed E-state index contributed by atoms with van der Waals surface area (Å²) in [4.78, 5) is 19.0. The number of benzene rings is 3. The van der Waals surface area contributed by atoms with E-state index >= 15 is 4.79 Å². The quantitative estimate of drug-likeness (QED) is 0.216. The lowest BCUT2D eigenvalue weighted by molar-refractivity contribution is -0.160. The van der Waals surface area contributed by atoms with Crippen molar-refractivity contribution in [2.45, 2.75) is 133 Å². The highest BCUT2D eigenvalue weighted by molar-refractivity contribution is 8.30.